The number of nitrogens with zero attached hydrogens (tertiary/aromatic N) is 9. The molecule has 0 amide bonds. The number of fused-ring (bicyclic) bond motifs is 1. The summed E-state index contributed by atoms with van der Waals surface area (Å²) in [6, 6.07) is 4.66. The van der Waals surface area contributed by atoms with Crippen LogP contribution in [0.2, 0.25) is 0 Å². The zero-order chi connectivity index (χ0) is 29.0. The van der Waals surface area contributed by atoms with E-state index in [0.717, 1.165) is 16.6 Å². The summed E-state index contributed by atoms with van der Waals surface area (Å²) >= 11 is 0. The summed E-state index contributed by atoms with van der Waals surface area (Å²) in [5.41, 5.74) is 2.40. The third-order valence-corrected chi connectivity index (χ3v) is 8.81. The zero-order valence-electron chi connectivity index (χ0n) is 22.3. The molecule has 1 unspecified atom stereocenters. The minimum atomic E-state index is -4.35. The monoisotopic (exact) mass is 579 g/mol. The summed E-state index contributed by atoms with van der Waals surface area (Å²) in [6.07, 6.45) is -2.61. The van der Waals surface area contributed by atoms with Crippen LogP contribution < -0.4 is 5.56 Å². The van der Waals surface area contributed by atoms with Crippen LogP contribution in [0.15, 0.2) is 40.4 Å². The molecule has 0 spiro atoms. The summed E-state index contributed by atoms with van der Waals surface area (Å²) in [6.45, 7) is 3.30. The molecule has 12 nitrogen and oxygen atoms in total. The van der Waals surface area contributed by atoms with Crippen molar-refractivity contribution in [2.45, 2.75) is 37.5 Å². The van der Waals surface area contributed by atoms with Crippen LogP contribution in [0.4, 0.5) is 13.2 Å². The molecule has 1 saturated heterocycles. The van der Waals surface area contributed by atoms with E-state index in [9.17, 15) is 26.4 Å². The molecule has 5 rings (SSSR count). The summed E-state index contributed by atoms with van der Waals surface area (Å²) < 4.78 is 70.2. The van der Waals surface area contributed by atoms with Crippen LogP contribution >= 0.6 is 0 Å². The second-order valence-electron chi connectivity index (χ2n) is 9.89. The van der Waals surface area contributed by atoms with Crippen LogP contribution in [-0.4, -0.2) is 84.5 Å². The molecule has 0 aliphatic carbocycles. The van der Waals surface area contributed by atoms with Crippen molar-refractivity contribution in [3.05, 3.63) is 57.6 Å². The lowest BCUT2D eigenvalue weighted by atomic mass is 9.96. The average Bonchev–Trinajstić information content (AvgIpc) is 3.51. The first kappa shape index (κ1) is 27.9. The number of sulfonamides is 1. The van der Waals surface area contributed by atoms with Crippen molar-refractivity contribution in [3.8, 4) is 5.82 Å². The van der Waals surface area contributed by atoms with Crippen molar-refractivity contribution in [1.29, 1.82) is 0 Å². The minimum Gasteiger partial charge on any atom is -0.293 e. The number of alkyl halides is 3. The van der Waals surface area contributed by atoms with E-state index in [1.54, 1.807) is 35.8 Å². The topological polar surface area (TPSA) is 124 Å². The third-order valence-electron chi connectivity index (χ3n) is 7.08. The van der Waals surface area contributed by atoms with Gasteiger partial charge in [-0.1, -0.05) is 0 Å². The zero-order valence-corrected chi connectivity index (χ0v) is 23.1. The Kier molecular flexibility index (Phi) is 7.04. The number of aryl methyl sites for hydroxylation is 4. The lowest BCUT2D eigenvalue weighted by Crippen LogP contribution is -2.51. The normalized spacial score (nSPS) is 17.6. The van der Waals surface area contributed by atoms with Gasteiger partial charge in [0, 0.05) is 57.3 Å². The quantitative estimate of drug-likeness (QED) is 0.339. The van der Waals surface area contributed by atoms with Gasteiger partial charge in [0.15, 0.2) is 5.82 Å². The molecule has 4 aromatic rings. The minimum absolute atomic E-state index is 0.0181. The Morgan fingerprint density at radius 3 is 2.40 bits per heavy atom. The number of rotatable bonds is 6. The molecule has 1 atom stereocenters. The Morgan fingerprint density at radius 1 is 1.00 bits per heavy atom. The summed E-state index contributed by atoms with van der Waals surface area (Å²) in [5, 5.41) is 17.0. The van der Waals surface area contributed by atoms with Gasteiger partial charge in [-0.15, -0.1) is 5.10 Å². The van der Waals surface area contributed by atoms with E-state index < -0.39 is 28.7 Å². The van der Waals surface area contributed by atoms with Crippen LogP contribution in [0.5, 0.6) is 0 Å². The highest BCUT2D eigenvalue weighted by Crippen LogP contribution is 2.34. The van der Waals surface area contributed by atoms with Crippen molar-refractivity contribution >= 4 is 20.9 Å². The van der Waals surface area contributed by atoms with E-state index in [4.69, 9.17) is 0 Å². The maximum atomic E-state index is 13.3. The maximum absolute atomic E-state index is 13.3. The maximum Gasteiger partial charge on any atom is 0.390 e. The molecule has 40 heavy (non-hydrogen) atoms. The van der Waals surface area contributed by atoms with Crippen LogP contribution in [-0.2, 0) is 24.1 Å². The molecule has 1 aliphatic rings. The fourth-order valence-corrected chi connectivity index (χ4v) is 6.33. The molecule has 16 heteroatoms. The summed E-state index contributed by atoms with van der Waals surface area (Å²) in [5.74, 6) is 0.437. The molecule has 1 fully saturated rings. The Bertz CT molecular complexity index is 1720. The van der Waals surface area contributed by atoms with E-state index >= 15 is 0 Å². The van der Waals surface area contributed by atoms with Gasteiger partial charge in [0.2, 0.25) is 5.03 Å². The van der Waals surface area contributed by atoms with Crippen molar-refractivity contribution < 1.29 is 21.6 Å². The van der Waals surface area contributed by atoms with Gasteiger partial charge in [0.05, 0.1) is 24.3 Å². The first-order chi connectivity index (χ1) is 18.7. The molecule has 214 valence electrons. The molecule has 0 radical (unpaired) electrons. The van der Waals surface area contributed by atoms with Crippen LogP contribution in [0.25, 0.3) is 16.7 Å². The summed E-state index contributed by atoms with van der Waals surface area (Å²) in [4.78, 5) is 14.9. The highest BCUT2D eigenvalue weighted by molar-refractivity contribution is 7.89. The van der Waals surface area contributed by atoms with Gasteiger partial charge < -0.3 is 0 Å². The lowest BCUT2D eigenvalue weighted by Gasteiger charge is -2.41. The number of hydrogen-bond acceptors (Lipinski definition) is 8. The number of benzene rings is 1. The predicted molar refractivity (Wildman–Crippen MR) is 138 cm³/mol. The van der Waals surface area contributed by atoms with Crippen molar-refractivity contribution in [1.82, 2.24) is 43.8 Å². The van der Waals surface area contributed by atoms with E-state index in [2.05, 4.69) is 20.4 Å². The lowest BCUT2D eigenvalue weighted by molar-refractivity contribution is -0.140. The Balaban J connectivity index is 1.54. The van der Waals surface area contributed by atoms with E-state index in [1.807, 2.05) is 19.1 Å². The fraction of sp³-hybridized carbons (Fsp3) is 0.458. The van der Waals surface area contributed by atoms with Gasteiger partial charge in [0.1, 0.15) is 0 Å². The molecule has 1 aromatic carbocycles. The van der Waals surface area contributed by atoms with Crippen molar-refractivity contribution in [2.24, 2.45) is 14.1 Å². The standard InChI is InChI=1S/C24H28F3N9O3S/c1-15-9-19-17(12-29-36(19)21-10-16(2)23(37)32(3)30-21)11-18(15)20-14-35(8-7-34(20)6-5-24(25,26)27)40(38,39)22-13-28-33(4)31-22/h9-13,20H,5-8,14H2,1-4H3. The second kappa shape index (κ2) is 10.1. The number of halogens is 3. The van der Waals surface area contributed by atoms with Gasteiger partial charge in [-0.2, -0.15) is 37.6 Å². The largest absolute Gasteiger partial charge is 0.390 e. The fourth-order valence-electron chi connectivity index (χ4n) is 5.00. The van der Waals surface area contributed by atoms with Gasteiger partial charge in [-0.3, -0.25) is 9.69 Å². The van der Waals surface area contributed by atoms with Crippen molar-refractivity contribution in [2.75, 3.05) is 26.2 Å². The van der Waals surface area contributed by atoms with Gasteiger partial charge in [-0.25, -0.2) is 17.8 Å². The molecule has 1 aliphatic heterocycles. The van der Waals surface area contributed by atoms with Crippen LogP contribution in [0, 0.1) is 13.8 Å². The molecule has 0 saturated carbocycles. The van der Waals surface area contributed by atoms with E-state index in [-0.39, 0.29) is 36.8 Å². The first-order valence-corrected chi connectivity index (χ1v) is 13.9. The Hall–Kier alpha value is -3.63. The molecule has 0 N–H and O–H groups in total. The molecule has 4 heterocycles. The van der Waals surface area contributed by atoms with Gasteiger partial charge in [-0.05, 0) is 43.2 Å². The van der Waals surface area contributed by atoms with Gasteiger partial charge >= 0.3 is 6.18 Å². The number of aromatic nitrogens is 7. The van der Waals surface area contributed by atoms with Crippen LogP contribution in [0.3, 0.4) is 0 Å². The molecular weight excluding hydrogens is 551 g/mol. The second-order valence-corrected chi connectivity index (χ2v) is 11.8. The summed E-state index contributed by atoms with van der Waals surface area (Å²) in [7, 11) is -0.960. The number of hydrogen-bond donors (Lipinski definition) is 0. The molecular formula is C24H28F3N9O3S. The van der Waals surface area contributed by atoms with Crippen LogP contribution in [0.1, 0.15) is 29.2 Å². The highest BCUT2D eigenvalue weighted by atomic mass is 32.2. The SMILES string of the molecule is Cc1cc2c(cnn2-c2cc(C)c(=O)n(C)n2)cc1C1CN(S(=O)(=O)c2cnn(C)n2)CCN1CCC(F)(F)F. The number of piperazine rings is 1. The molecule has 0 bridgehead atoms. The highest BCUT2D eigenvalue weighted by Gasteiger charge is 2.38. The molecule has 3 aromatic heterocycles. The van der Waals surface area contributed by atoms with E-state index in [0.29, 0.717) is 27.8 Å². The predicted octanol–water partition coefficient (Wildman–Crippen LogP) is 1.86. The Labute approximate surface area is 227 Å². The smallest absolute Gasteiger partial charge is 0.293 e. The Morgan fingerprint density at radius 2 is 1.75 bits per heavy atom. The van der Waals surface area contributed by atoms with E-state index in [1.165, 1.54) is 16.0 Å². The first-order valence-electron chi connectivity index (χ1n) is 12.5. The van der Waals surface area contributed by atoms with Crippen molar-refractivity contribution in [3.63, 3.8) is 0 Å². The average molecular weight is 580 g/mol. The third kappa shape index (κ3) is 5.25. The van der Waals surface area contributed by atoms with Gasteiger partial charge in [0.25, 0.3) is 15.6 Å².